The number of carbonyl (C=O) groups excluding carboxylic acids is 1. The summed E-state index contributed by atoms with van der Waals surface area (Å²) in [7, 11) is 0. The van der Waals surface area contributed by atoms with Gasteiger partial charge in [-0.15, -0.1) is 12.4 Å². The highest BCUT2D eigenvalue weighted by Gasteiger charge is 2.09. The number of halogens is 1. The number of aromatic nitrogens is 2. The quantitative estimate of drug-likeness (QED) is 0.811. The van der Waals surface area contributed by atoms with Gasteiger partial charge in [0, 0.05) is 25.4 Å². The zero-order valence-corrected chi connectivity index (χ0v) is 13.3. The normalized spacial score (nSPS) is 11.5. The SMILES string of the molecule is Cc1noc(CCCC(=O)NCC(N)c2ccccc2)n1.Cl. The van der Waals surface area contributed by atoms with Crippen molar-refractivity contribution in [2.45, 2.75) is 32.2 Å². The van der Waals surface area contributed by atoms with E-state index in [-0.39, 0.29) is 24.4 Å². The molecule has 1 atom stereocenters. The van der Waals surface area contributed by atoms with Crippen LogP contribution in [0, 0.1) is 6.92 Å². The molecular weight excluding hydrogens is 304 g/mol. The van der Waals surface area contributed by atoms with Gasteiger partial charge in [0.15, 0.2) is 5.82 Å². The van der Waals surface area contributed by atoms with E-state index in [0.29, 0.717) is 37.5 Å². The number of aryl methyl sites for hydroxylation is 2. The van der Waals surface area contributed by atoms with Crippen molar-refractivity contribution in [1.29, 1.82) is 0 Å². The van der Waals surface area contributed by atoms with E-state index in [0.717, 1.165) is 5.56 Å². The van der Waals surface area contributed by atoms with Crippen LogP contribution in [0.1, 0.15) is 36.2 Å². The van der Waals surface area contributed by atoms with Crippen LogP contribution in [0.25, 0.3) is 0 Å². The molecule has 2 rings (SSSR count). The summed E-state index contributed by atoms with van der Waals surface area (Å²) in [5.74, 6) is 1.17. The van der Waals surface area contributed by atoms with E-state index in [2.05, 4.69) is 15.5 Å². The second-order valence-electron chi connectivity index (χ2n) is 4.91. The van der Waals surface area contributed by atoms with Crippen LogP contribution in [0.2, 0.25) is 0 Å². The van der Waals surface area contributed by atoms with Gasteiger partial charge in [0.05, 0.1) is 0 Å². The van der Waals surface area contributed by atoms with Crippen molar-refractivity contribution in [3.05, 3.63) is 47.6 Å². The average molecular weight is 325 g/mol. The highest BCUT2D eigenvalue weighted by atomic mass is 35.5. The molecule has 0 aliphatic rings. The first-order valence-electron chi connectivity index (χ1n) is 7.01. The third-order valence-electron chi connectivity index (χ3n) is 3.11. The van der Waals surface area contributed by atoms with E-state index < -0.39 is 0 Å². The number of hydrogen-bond donors (Lipinski definition) is 2. The molecule has 3 N–H and O–H groups in total. The maximum Gasteiger partial charge on any atom is 0.226 e. The third kappa shape index (κ3) is 5.83. The molecule has 6 nitrogen and oxygen atoms in total. The van der Waals surface area contributed by atoms with Crippen LogP contribution in [-0.2, 0) is 11.2 Å². The molecule has 7 heteroatoms. The number of nitrogens with zero attached hydrogens (tertiary/aromatic N) is 2. The summed E-state index contributed by atoms with van der Waals surface area (Å²) in [4.78, 5) is 15.8. The Balaban J connectivity index is 0.00000242. The van der Waals surface area contributed by atoms with Gasteiger partial charge in [-0.3, -0.25) is 4.79 Å². The van der Waals surface area contributed by atoms with Gasteiger partial charge in [0.25, 0.3) is 0 Å². The Hall–Kier alpha value is -1.92. The van der Waals surface area contributed by atoms with Gasteiger partial charge in [-0.2, -0.15) is 4.98 Å². The Bertz CT molecular complexity index is 574. The van der Waals surface area contributed by atoms with Crippen molar-refractivity contribution in [2.24, 2.45) is 5.73 Å². The lowest BCUT2D eigenvalue weighted by molar-refractivity contribution is -0.121. The van der Waals surface area contributed by atoms with E-state index in [1.54, 1.807) is 6.92 Å². The summed E-state index contributed by atoms with van der Waals surface area (Å²) in [6, 6.07) is 9.53. The number of benzene rings is 1. The molecule has 0 spiro atoms. The highest BCUT2D eigenvalue weighted by molar-refractivity contribution is 5.85. The van der Waals surface area contributed by atoms with Crippen molar-refractivity contribution < 1.29 is 9.32 Å². The topological polar surface area (TPSA) is 94.0 Å². The molecule has 0 bridgehead atoms. The van der Waals surface area contributed by atoms with Gasteiger partial charge in [-0.25, -0.2) is 0 Å². The van der Waals surface area contributed by atoms with Gasteiger partial charge in [-0.1, -0.05) is 35.5 Å². The van der Waals surface area contributed by atoms with Gasteiger partial charge in [-0.05, 0) is 18.9 Å². The largest absolute Gasteiger partial charge is 0.354 e. The summed E-state index contributed by atoms with van der Waals surface area (Å²) < 4.78 is 4.99. The minimum Gasteiger partial charge on any atom is -0.354 e. The van der Waals surface area contributed by atoms with E-state index >= 15 is 0 Å². The molecule has 0 saturated heterocycles. The molecule has 22 heavy (non-hydrogen) atoms. The molecule has 120 valence electrons. The van der Waals surface area contributed by atoms with Crippen LogP contribution >= 0.6 is 12.4 Å². The second-order valence-corrected chi connectivity index (χ2v) is 4.91. The predicted octanol–water partition coefficient (Wildman–Crippen LogP) is 1.94. The Kier molecular flexibility index (Phi) is 7.56. The average Bonchev–Trinajstić information content (AvgIpc) is 2.91. The first kappa shape index (κ1) is 18.1. The summed E-state index contributed by atoms with van der Waals surface area (Å²) >= 11 is 0. The number of nitrogens with one attached hydrogen (secondary N) is 1. The number of rotatable bonds is 7. The van der Waals surface area contributed by atoms with Crippen LogP contribution in [0.15, 0.2) is 34.9 Å². The fourth-order valence-electron chi connectivity index (χ4n) is 1.97. The Morgan fingerprint density at radius 3 is 2.73 bits per heavy atom. The lowest BCUT2D eigenvalue weighted by atomic mass is 10.1. The number of nitrogens with two attached hydrogens (primary N) is 1. The second kappa shape index (κ2) is 9.17. The summed E-state index contributed by atoms with van der Waals surface area (Å²) in [5, 5.41) is 6.55. The van der Waals surface area contributed by atoms with Crippen molar-refractivity contribution in [2.75, 3.05) is 6.54 Å². The van der Waals surface area contributed by atoms with Gasteiger partial charge >= 0.3 is 0 Å². The summed E-state index contributed by atoms with van der Waals surface area (Å²) in [6.07, 6.45) is 1.70. The molecule has 0 aliphatic carbocycles. The van der Waals surface area contributed by atoms with Gasteiger partial charge < -0.3 is 15.6 Å². The fourth-order valence-corrected chi connectivity index (χ4v) is 1.97. The van der Waals surface area contributed by atoms with Crippen LogP contribution in [0.3, 0.4) is 0 Å². The summed E-state index contributed by atoms with van der Waals surface area (Å²) in [5.41, 5.74) is 7.03. The highest BCUT2D eigenvalue weighted by Crippen LogP contribution is 2.08. The van der Waals surface area contributed by atoms with Gasteiger partial charge in [0.2, 0.25) is 11.8 Å². The van der Waals surface area contributed by atoms with E-state index in [4.69, 9.17) is 10.3 Å². The van der Waals surface area contributed by atoms with Crippen LogP contribution in [0.4, 0.5) is 0 Å². The Labute approximate surface area is 135 Å². The molecule has 0 fully saturated rings. The molecular formula is C15H21ClN4O2. The molecule has 1 aromatic carbocycles. The van der Waals surface area contributed by atoms with Crippen molar-refractivity contribution >= 4 is 18.3 Å². The Morgan fingerprint density at radius 2 is 2.09 bits per heavy atom. The monoisotopic (exact) mass is 324 g/mol. The first-order valence-corrected chi connectivity index (χ1v) is 7.01. The van der Waals surface area contributed by atoms with E-state index in [1.807, 2.05) is 30.3 Å². The van der Waals surface area contributed by atoms with Crippen LogP contribution in [-0.4, -0.2) is 22.6 Å². The standard InChI is InChI=1S/C15H20N4O2.ClH/c1-11-18-15(21-19-11)9-5-8-14(20)17-10-13(16)12-6-3-2-4-7-12;/h2-4,6-7,13H,5,8-10,16H2,1H3,(H,17,20);1H. The molecule has 1 unspecified atom stereocenters. The van der Waals surface area contributed by atoms with Gasteiger partial charge in [0.1, 0.15) is 0 Å². The van der Waals surface area contributed by atoms with E-state index in [9.17, 15) is 4.79 Å². The van der Waals surface area contributed by atoms with Crippen molar-refractivity contribution in [3.8, 4) is 0 Å². The van der Waals surface area contributed by atoms with Crippen molar-refractivity contribution in [3.63, 3.8) is 0 Å². The molecule has 0 saturated carbocycles. The summed E-state index contributed by atoms with van der Waals surface area (Å²) in [6.45, 7) is 2.20. The lowest BCUT2D eigenvalue weighted by Gasteiger charge is -2.12. The number of amides is 1. The predicted molar refractivity (Wildman–Crippen MR) is 85.6 cm³/mol. The zero-order chi connectivity index (χ0) is 15.1. The maximum atomic E-state index is 11.7. The number of carbonyl (C=O) groups is 1. The molecule has 0 aliphatic heterocycles. The molecule has 1 aromatic heterocycles. The van der Waals surface area contributed by atoms with Crippen LogP contribution in [0.5, 0.6) is 0 Å². The van der Waals surface area contributed by atoms with Crippen molar-refractivity contribution in [1.82, 2.24) is 15.5 Å². The van der Waals surface area contributed by atoms with Crippen LogP contribution < -0.4 is 11.1 Å². The molecule has 1 heterocycles. The zero-order valence-electron chi connectivity index (χ0n) is 12.5. The molecule has 1 amide bonds. The first-order chi connectivity index (χ1) is 10.1. The Morgan fingerprint density at radius 1 is 1.36 bits per heavy atom. The van der Waals surface area contributed by atoms with E-state index in [1.165, 1.54) is 0 Å². The third-order valence-corrected chi connectivity index (χ3v) is 3.11. The minimum atomic E-state index is -0.186. The smallest absolute Gasteiger partial charge is 0.226 e. The fraction of sp³-hybridized carbons (Fsp3) is 0.400. The molecule has 0 radical (unpaired) electrons. The minimum absolute atomic E-state index is 0. The maximum absolute atomic E-state index is 11.7. The lowest BCUT2D eigenvalue weighted by Crippen LogP contribution is -2.31. The molecule has 2 aromatic rings. The number of hydrogen-bond acceptors (Lipinski definition) is 5.